The van der Waals surface area contributed by atoms with Crippen LogP contribution in [0.5, 0.6) is 0 Å². The molecule has 2 atom stereocenters. The number of morpholine rings is 1. The molecule has 0 amide bonds. The first-order chi connectivity index (χ1) is 9.51. The molecule has 1 aliphatic heterocycles. The number of nitrogens with zero attached hydrogens (tertiary/aromatic N) is 1. The van der Waals surface area contributed by atoms with E-state index in [1.165, 1.54) is 0 Å². The van der Waals surface area contributed by atoms with Gasteiger partial charge in [0.25, 0.3) is 0 Å². The summed E-state index contributed by atoms with van der Waals surface area (Å²) in [5, 5.41) is 3.35. The molecule has 1 fully saturated rings. The molecule has 1 aliphatic rings. The maximum Gasteiger partial charge on any atom is 0.326 e. The Morgan fingerprint density at radius 3 is 2.85 bits per heavy atom. The van der Waals surface area contributed by atoms with Crippen molar-refractivity contribution in [1.29, 1.82) is 0 Å². The molecular formula is C15H30N2O3. The third kappa shape index (κ3) is 5.38. The molecule has 2 unspecified atom stereocenters. The van der Waals surface area contributed by atoms with Crippen molar-refractivity contribution in [1.82, 2.24) is 10.2 Å². The molecule has 5 nitrogen and oxygen atoms in total. The van der Waals surface area contributed by atoms with E-state index < -0.39 is 5.54 Å². The van der Waals surface area contributed by atoms with Crippen molar-refractivity contribution in [3.8, 4) is 0 Å². The first kappa shape index (κ1) is 17.4. The van der Waals surface area contributed by atoms with Crippen LogP contribution < -0.4 is 5.32 Å². The van der Waals surface area contributed by atoms with Gasteiger partial charge in [-0.15, -0.1) is 0 Å². The molecule has 20 heavy (non-hydrogen) atoms. The summed E-state index contributed by atoms with van der Waals surface area (Å²) in [6.07, 6.45) is 2.04. The highest BCUT2D eigenvalue weighted by Crippen LogP contribution is 2.15. The van der Waals surface area contributed by atoms with Gasteiger partial charge in [0.15, 0.2) is 0 Å². The van der Waals surface area contributed by atoms with Gasteiger partial charge in [0.2, 0.25) is 0 Å². The third-order valence-electron chi connectivity index (χ3n) is 3.74. The minimum absolute atomic E-state index is 0.144. The van der Waals surface area contributed by atoms with Crippen LogP contribution in [0.15, 0.2) is 0 Å². The summed E-state index contributed by atoms with van der Waals surface area (Å²) < 4.78 is 10.8. The van der Waals surface area contributed by atoms with Crippen LogP contribution in [0.2, 0.25) is 0 Å². The Bertz CT molecular complexity index is 299. The van der Waals surface area contributed by atoms with Crippen molar-refractivity contribution < 1.29 is 14.3 Å². The van der Waals surface area contributed by atoms with Gasteiger partial charge in [-0.2, -0.15) is 0 Å². The van der Waals surface area contributed by atoms with Crippen LogP contribution in [0.1, 0.15) is 40.5 Å². The zero-order valence-corrected chi connectivity index (χ0v) is 13.4. The molecular weight excluding hydrogens is 256 g/mol. The number of rotatable bonds is 8. The van der Waals surface area contributed by atoms with Crippen LogP contribution in [-0.4, -0.2) is 61.9 Å². The lowest BCUT2D eigenvalue weighted by atomic mass is 9.97. The van der Waals surface area contributed by atoms with E-state index in [1.54, 1.807) is 0 Å². The first-order valence-corrected chi connectivity index (χ1v) is 7.78. The van der Waals surface area contributed by atoms with Gasteiger partial charge in [-0.05, 0) is 40.2 Å². The number of hydrogen-bond donors (Lipinski definition) is 1. The molecule has 1 saturated heterocycles. The molecule has 5 heteroatoms. The second-order valence-corrected chi connectivity index (χ2v) is 5.71. The van der Waals surface area contributed by atoms with Crippen molar-refractivity contribution in [2.45, 2.75) is 52.2 Å². The maximum atomic E-state index is 12.2. The summed E-state index contributed by atoms with van der Waals surface area (Å²) in [6, 6.07) is 0. The van der Waals surface area contributed by atoms with Crippen LogP contribution in [0.25, 0.3) is 0 Å². The highest BCUT2D eigenvalue weighted by atomic mass is 16.5. The van der Waals surface area contributed by atoms with Gasteiger partial charge in [0, 0.05) is 19.6 Å². The van der Waals surface area contributed by atoms with Gasteiger partial charge < -0.3 is 14.8 Å². The molecule has 0 saturated carbocycles. The quantitative estimate of drug-likeness (QED) is 0.684. The molecule has 0 aromatic heterocycles. The van der Waals surface area contributed by atoms with E-state index in [-0.39, 0.29) is 12.1 Å². The SMILES string of the molecule is CCCNC(C)(CCN1CCOC(C)C1)C(=O)OCC. The van der Waals surface area contributed by atoms with Gasteiger partial charge in [0.1, 0.15) is 5.54 Å². The molecule has 0 aromatic rings. The Kier molecular flexibility index (Phi) is 7.48. The minimum Gasteiger partial charge on any atom is -0.465 e. The Balaban J connectivity index is 2.52. The van der Waals surface area contributed by atoms with E-state index in [0.29, 0.717) is 6.61 Å². The Morgan fingerprint density at radius 1 is 1.50 bits per heavy atom. The first-order valence-electron chi connectivity index (χ1n) is 7.78. The van der Waals surface area contributed by atoms with E-state index in [4.69, 9.17) is 9.47 Å². The summed E-state index contributed by atoms with van der Waals surface area (Å²) in [7, 11) is 0. The maximum absolute atomic E-state index is 12.2. The molecule has 1 rings (SSSR count). The number of ether oxygens (including phenoxy) is 2. The fourth-order valence-electron chi connectivity index (χ4n) is 2.43. The minimum atomic E-state index is -0.590. The van der Waals surface area contributed by atoms with E-state index >= 15 is 0 Å². The van der Waals surface area contributed by atoms with Gasteiger partial charge in [0.05, 0.1) is 19.3 Å². The second kappa shape index (κ2) is 8.60. The topological polar surface area (TPSA) is 50.8 Å². The van der Waals surface area contributed by atoms with Crippen LogP contribution in [-0.2, 0) is 14.3 Å². The standard InChI is InChI=1S/C15H30N2O3/c1-5-8-16-15(4,14(18)19-6-2)7-9-17-10-11-20-13(3)12-17/h13,16H,5-12H2,1-4H3. The van der Waals surface area contributed by atoms with Gasteiger partial charge in [-0.25, -0.2) is 0 Å². The molecule has 0 aliphatic carbocycles. The summed E-state index contributed by atoms with van der Waals surface area (Å²) in [5.41, 5.74) is -0.590. The zero-order valence-electron chi connectivity index (χ0n) is 13.4. The van der Waals surface area contributed by atoms with Gasteiger partial charge in [-0.3, -0.25) is 9.69 Å². The lowest BCUT2D eigenvalue weighted by molar-refractivity contribution is -0.151. The van der Waals surface area contributed by atoms with E-state index in [2.05, 4.69) is 24.1 Å². The highest BCUT2D eigenvalue weighted by molar-refractivity contribution is 5.80. The fourth-order valence-corrected chi connectivity index (χ4v) is 2.43. The van der Waals surface area contributed by atoms with Crippen molar-refractivity contribution in [2.24, 2.45) is 0 Å². The zero-order chi connectivity index (χ0) is 15.0. The second-order valence-electron chi connectivity index (χ2n) is 5.71. The van der Waals surface area contributed by atoms with E-state index in [0.717, 1.165) is 45.6 Å². The summed E-state index contributed by atoms with van der Waals surface area (Å²) in [5.74, 6) is -0.144. The third-order valence-corrected chi connectivity index (χ3v) is 3.74. The van der Waals surface area contributed by atoms with Crippen LogP contribution in [0.4, 0.5) is 0 Å². The largest absolute Gasteiger partial charge is 0.465 e. The highest BCUT2D eigenvalue weighted by Gasteiger charge is 2.34. The lowest BCUT2D eigenvalue weighted by Crippen LogP contribution is -2.53. The lowest BCUT2D eigenvalue weighted by Gasteiger charge is -2.35. The predicted molar refractivity (Wildman–Crippen MR) is 79.8 cm³/mol. The predicted octanol–water partition coefficient (Wildman–Crippen LogP) is 1.42. The average Bonchev–Trinajstić information content (AvgIpc) is 2.43. The van der Waals surface area contributed by atoms with Crippen molar-refractivity contribution in [2.75, 3.05) is 39.4 Å². The fraction of sp³-hybridized carbons (Fsp3) is 0.933. The van der Waals surface area contributed by atoms with Crippen LogP contribution >= 0.6 is 0 Å². The molecule has 0 spiro atoms. The normalized spacial score (nSPS) is 23.3. The molecule has 0 bridgehead atoms. The molecule has 0 aromatic carbocycles. The Morgan fingerprint density at radius 2 is 2.25 bits per heavy atom. The van der Waals surface area contributed by atoms with E-state index in [1.807, 2.05) is 13.8 Å². The monoisotopic (exact) mass is 286 g/mol. The number of esters is 1. The van der Waals surface area contributed by atoms with Crippen LogP contribution in [0.3, 0.4) is 0 Å². The molecule has 1 heterocycles. The molecule has 118 valence electrons. The van der Waals surface area contributed by atoms with Crippen molar-refractivity contribution in [3.05, 3.63) is 0 Å². The Hall–Kier alpha value is -0.650. The van der Waals surface area contributed by atoms with Crippen molar-refractivity contribution >= 4 is 5.97 Å². The van der Waals surface area contributed by atoms with Gasteiger partial charge >= 0.3 is 5.97 Å². The summed E-state index contributed by atoms with van der Waals surface area (Å²) >= 11 is 0. The number of hydrogen-bond acceptors (Lipinski definition) is 5. The molecule has 0 radical (unpaired) electrons. The van der Waals surface area contributed by atoms with E-state index in [9.17, 15) is 4.79 Å². The number of nitrogens with one attached hydrogen (secondary N) is 1. The van der Waals surface area contributed by atoms with Crippen LogP contribution in [0, 0.1) is 0 Å². The van der Waals surface area contributed by atoms with Gasteiger partial charge in [-0.1, -0.05) is 6.92 Å². The smallest absolute Gasteiger partial charge is 0.326 e. The van der Waals surface area contributed by atoms with Crippen molar-refractivity contribution in [3.63, 3.8) is 0 Å². The summed E-state index contributed by atoms with van der Waals surface area (Å²) in [4.78, 5) is 14.5. The Labute approximate surface area is 123 Å². The molecule has 1 N–H and O–H groups in total. The summed E-state index contributed by atoms with van der Waals surface area (Å²) in [6.45, 7) is 12.8. The number of carbonyl (C=O) groups excluding carboxylic acids is 1. The average molecular weight is 286 g/mol. The number of carbonyl (C=O) groups is 1.